The minimum Gasteiger partial charge on any atom is -0.497 e. The Kier molecular flexibility index (Phi) is 4.32. The number of nitrogens with zero attached hydrogens (tertiary/aromatic N) is 3. The van der Waals surface area contributed by atoms with E-state index in [0.29, 0.717) is 12.0 Å². The molecule has 0 saturated carbocycles. The number of halogens is 1. The molecule has 25 heavy (non-hydrogen) atoms. The number of sulfone groups is 1. The Morgan fingerprint density at radius 3 is 2.52 bits per heavy atom. The van der Waals surface area contributed by atoms with E-state index in [1.165, 1.54) is 49.7 Å². The molecule has 0 saturated heterocycles. The summed E-state index contributed by atoms with van der Waals surface area (Å²) in [6, 6.07) is 9.51. The molecule has 0 amide bonds. The minimum atomic E-state index is -4.06. The van der Waals surface area contributed by atoms with E-state index in [0.717, 1.165) is 10.7 Å². The number of hydrogen-bond acceptors (Lipinski definition) is 6. The second-order valence-corrected chi connectivity index (χ2v) is 6.83. The standard InChI is InChI=1S/C16H12FN3O4S/c1-24-12-4-6-13(7-5-12)25(22,23)15-9-11(10-21)19-20(15)14-3-2-8-18-16(14)17/h2-10H,1H3. The van der Waals surface area contributed by atoms with Crippen molar-refractivity contribution < 1.29 is 22.3 Å². The van der Waals surface area contributed by atoms with E-state index in [1.54, 1.807) is 0 Å². The van der Waals surface area contributed by atoms with Gasteiger partial charge in [0.1, 0.15) is 17.1 Å². The van der Waals surface area contributed by atoms with Crippen LogP contribution in [0.2, 0.25) is 0 Å². The van der Waals surface area contributed by atoms with Crippen molar-refractivity contribution in [2.75, 3.05) is 7.11 Å². The summed E-state index contributed by atoms with van der Waals surface area (Å²) in [6.07, 6.45) is 1.61. The van der Waals surface area contributed by atoms with Crippen LogP contribution in [0.25, 0.3) is 5.69 Å². The third-order valence-electron chi connectivity index (χ3n) is 3.43. The Morgan fingerprint density at radius 1 is 1.20 bits per heavy atom. The Morgan fingerprint density at radius 2 is 1.92 bits per heavy atom. The fourth-order valence-electron chi connectivity index (χ4n) is 2.21. The van der Waals surface area contributed by atoms with Crippen LogP contribution in [0.1, 0.15) is 10.5 Å². The molecule has 0 N–H and O–H groups in total. The number of carbonyl (C=O) groups excluding carboxylic acids is 1. The molecule has 1 aromatic carbocycles. The van der Waals surface area contributed by atoms with Gasteiger partial charge in [0.05, 0.1) is 12.0 Å². The van der Waals surface area contributed by atoms with Crippen LogP contribution in [0.15, 0.2) is 58.6 Å². The molecule has 0 unspecified atom stereocenters. The zero-order valence-corrected chi connectivity index (χ0v) is 13.8. The minimum absolute atomic E-state index is 0.0452. The van der Waals surface area contributed by atoms with Gasteiger partial charge in [-0.3, -0.25) is 4.79 Å². The highest BCUT2D eigenvalue weighted by Crippen LogP contribution is 2.26. The predicted molar refractivity (Wildman–Crippen MR) is 85.2 cm³/mol. The molecule has 3 aromatic rings. The van der Waals surface area contributed by atoms with Gasteiger partial charge in [0, 0.05) is 12.3 Å². The zero-order chi connectivity index (χ0) is 18.0. The smallest absolute Gasteiger partial charge is 0.238 e. The number of hydrogen-bond donors (Lipinski definition) is 0. The topological polar surface area (TPSA) is 91.2 Å². The highest BCUT2D eigenvalue weighted by molar-refractivity contribution is 7.91. The van der Waals surface area contributed by atoms with Crippen molar-refractivity contribution in [1.82, 2.24) is 14.8 Å². The number of carbonyl (C=O) groups is 1. The van der Waals surface area contributed by atoms with E-state index in [1.807, 2.05) is 0 Å². The van der Waals surface area contributed by atoms with Gasteiger partial charge in [-0.05, 0) is 36.4 Å². The highest BCUT2D eigenvalue weighted by Gasteiger charge is 2.26. The third kappa shape index (κ3) is 3.01. The molecule has 9 heteroatoms. The summed E-state index contributed by atoms with van der Waals surface area (Å²) in [4.78, 5) is 14.5. The van der Waals surface area contributed by atoms with Gasteiger partial charge in [0.15, 0.2) is 11.3 Å². The van der Waals surface area contributed by atoms with Gasteiger partial charge in [0.2, 0.25) is 15.8 Å². The summed E-state index contributed by atoms with van der Waals surface area (Å²) in [5.74, 6) is -0.423. The van der Waals surface area contributed by atoms with Gasteiger partial charge in [-0.2, -0.15) is 9.49 Å². The molecular formula is C16H12FN3O4S. The molecule has 0 atom stereocenters. The molecule has 0 radical (unpaired) electrons. The number of pyridine rings is 1. The fraction of sp³-hybridized carbons (Fsp3) is 0.0625. The largest absolute Gasteiger partial charge is 0.497 e. The van der Waals surface area contributed by atoms with Gasteiger partial charge in [0.25, 0.3) is 0 Å². The summed E-state index contributed by atoms with van der Waals surface area (Å²) in [5.41, 5.74) is -0.321. The molecule has 3 rings (SSSR count). The van der Waals surface area contributed by atoms with Gasteiger partial charge >= 0.3 is 0 Å². The van der Waals surface area contributed by atoms with Crippen LogP contribution in [0.4, 0.5) is 4.39 Å². The molecular weight excluding hydrogens is 349 g/mol. The Labute approximate surface area is 142 Å². The Balaban J connectivity index is 2.20. The highest BCUT2D eigenvalue weighted by atomic mass is 32.2. The summed E-state index contributed by atoms with van der Waals surface area (Å²) < 4.78 is 45.7. The lowest BCUT2D eigenvalue weighted by Crippen LogP contribution is -2.11. The molecule has 0 bridgehead atoms. The van der Waals surface area contributed by atoms with E-state index in [4.69, 9.17) is 4.74 Å². The Bertz CT molecular complexity index is 1030. The van der Waals surface area contributed by atoms with E-state index < -0.39 is 15.8 Å². The summed E-state index contributed by atoms with van der Waals surface area (Å²) in [6.45, 7) is 0. The molecule has 2 heterocycles. The molecule has 0 aliphatic heterocycles. The van der Waals surface area contributed by atoms with Gasteiger partial charge < -0.3 is 4.74 Å². The normalized spacial score (nSPS) is 11.3. The van der Waals surface area contributed by atoms with Crippen molar-refractivity contribution in [3.63, 3.8) is 0 Å². The second kappa shape index (κ2) is 6.44. The molecule has 128 valence electrons. The third-order valence-corrected chi connectivity index (χ3v) is 5.16. The van der Waals surface area contributed by atoms with Crippen molar-refractivity contribution in [3.8, 4) is 11.4 Å². The van der Waals surface area contributed by atoms with Crippen molar-refractivity contribution >= 4 is 16.1 Å². The maximum absolute atomic E-state index is 14.0. The average Bonchev–Trinajstić information content (AvgIpc) is 3.07. The lowest BCUT2D eigenvalue weighted by atomic mass is 10.3. The van der Waals surface area contributed by atoms with Crippen LogP contribution in [-0.4, -0.2) is 36.6 Å². The quantitative estimate of drug-likeness (QED) is 0.510. The fourth-order valence-corrected chi connectivity index (χ4v) is 3.59. The predicted octanol–water partition coefficient (Wildman–Crippen LogP) is 2.06. The van der Waals surface area contributed by atoms with Crippen molar-refractivity contribution in [2.24, 2.45) is 0 Å². The van der Waals surface area contributed by atoms with Gasteiger partial charge in [-0.1, -0.05) is 0 Å². The first-order valence-electron chi connectivity index (χ1n) is 7.02. The molecule has 0 aliphatic carbocycles. The number of ether oxygens (including phenoxy) is 1. The average molecular weight is 361 g/mol. The lowest BCUT2D eigenvalue weighted by molar-refractivity contribution is 0.111. The summed E-state index contributed by atoms with van der Waals surface area (Å²) in [5, 5.41) is 3.51. The molecule has 7 nitrogen and oxygen atoms in total. The van der Waals surface area contributed by atoms with E-state index in [2.05, 4.69) is 10.1 Å². The second-order valence-electron chi connectivity index (χ2n) is 4.93. The van der Waals surface area contributed by atoms with Crippen LogP contribution in [0.5, 0.6) is 5.75 Å². The lowest BCUT2D eigenvalue weighted by Gasteiger charge is -2.09. The van der Waals surface area contributed by atoms with Crippen LogP contribution in [0, 0.1) is 5.95 Å². The maximum Gasteiger partial charge on any atom is 0.238 e. The number of rotatable bonds is 5. The van der Waals surface area contributed by atoms with Crippen LogP contribution < -0.4 is 4.74 Å². The number of methoxy groups -OCH3 is 1. The van der Waals surface area contributed by atoms with E-state index in [-0.39, 0.29) is 21.3 Å². The zero-order valence-electron chi connectivity index (χ0n) is 13.0. The maximum atomic E-state index is 14.0. The summed E-state index contributed by atoms with van der Waals surface area (Å²) >= 11 is 0. The molecule has 0 spiro atoms. The van der Waals surface area contributed by atoms with Crippen molar-refractivity contribution in [2.45, 2.75) is 9.92 Å². The van der Waals surface area contributed by atoms with Crippen LogP contribution in [-0.2, 0) is 9.84 Å². The first-order valence-corrected chi connectivity index (χ1v) is 8.51. The van der Waals surface area contributed by atoms with Crippen LogP contribution >= 0.6 is 0 Å². The number of benzene rings is 1. The van der Waals surface area contributed by atoms with E-state index in [9.17, 15) is 17.6 Å². The Hall–Kier alpha value is -3.07. The van der Waals surface area contributed by atoms with Gasteiger partial charge in [-0.25, -0.2) is 18.1 Å². The van der Waals surface area contributed by atoms with Crippen LogP contribution in [0.3, 0.4) is 0 Å². The SMILES string of the molecule is COc1ccc(S(=O)(=O)c2cc(C=O)nn2-c2cccnc2F)cc1. The molecule has 2 aromatic heterocycles. The van der Waals surface area contributed by atoms with Gasteiger partial charge in [-0.15, -0.1) is 0 Å². The molecule has 0 fully saturated rings. The van der Waals surface area contributed by atoms with E-state index >= 15 is 0 Å². The number of aromatic nitrogens is 3. The first-order chi connectivity index (χ1) is 12.0. The number of aldehydes is 1. The first kappa shape index (κ1) is 16.8. The summed E-state index contributed by atoms with van der Waals surface area (Å²) in [7, 11) is -2.60. The molecule has 0 aliphatic rings. The monoisotopic (exact) mass is 361 g/mol. The van der Waals surface area contributed by atoms with Crippen molar-refractivity contribution in [1.29, 1.82) is 0 Å². The van der Waals surface area contributed by atoms with Crippen molar-refractivity contribution in [3.05, 3.63) is 60.3 Å².